The molecule has 0 unspecified atom stereocenters. The number of rotatable bonds is 11. The molecule has 0 bridgehead atoms. The summed E-state index contributed by atoms with van der Waals surface area (Å²) in [5, 5.41) is 6.06. The molecule has 1 amide bonds. The van der Waals surface area contributed by atoms with Crippen molar-refractivity contribution in [2.45, 2.75) is 63.7 Å². The van der Waals surface area contributed by atoms with Crippen LogP contribution in [0.15, 0.2) is 42.6 Å². The number of anilines is 3. The van der Waals surface area contributed by atoms with E-state index in [-0.39, 0.29) is 36.4 Å². The van der Waals surface area contributed by atoms with Crippen LogP contribution in [0, 0.1) is 6.92 Å². The van der Waals surface area contributed by atoms with E-state index in [1.165, 1.54) is 14.2 Å². The molecule has 1 aromatic heterocycles. The molecule has 2 aromatic carbocycles. The van der Waals surface area contributed by atoms with E-state index in [0.717, 1.165) is 74.3 Å². The Bertz CT molecular complexity index is 1740. The number of carbonyl (C=O) groups excluding carboxylic acids is 1. The molecule has 0 atom stereocenters. The molecule has 15 heteroatoms. The third kappa shape index (κ3) is 9.19. The number of methoxy groups -OCH3 is 1. The maximum Gasteiger partial charge on any atom is 0.419 e. The molecule has 11 nitrogen and oxygen atoms in total. The number of sulfonamides is 1. The summed E-state index contributed by atoms with van der Waals surface area (Å²) in [6, 6.07) is 10.5. The highest BCUT2D eigenvalue weighted by atomic mass is 32.2. The summed E-state index contributed by atoms with van der Waals surface area (Å²) in [5.74, 6) is -0.0354. The van der Waals surface area contributed by atoms with Gasteiger partial charge in [0.2, 0.25) is 16.0 Å². The number of piperidine rings is 1. The highest BCUT2D eigenvalue weighted by molar-refractivity contribution is 7.92. The molecule has 0 saturated carbocycles. The second-order valence-corrected chi connectivity index (χ2v) is 14.6. The Morgan fingerprint density at radius 2 is 1.80 bits per heavy atom. The summed E-state index contributed by atoms with van der Waals surface area (Å²) in [7, 11) is -0.770. The largest absolute Gasteiger partial charge is 0.495 e. The number of hydrogen-bond acceptors (Lipinski definition) is 9. The van der Waals surface area contributed by atoms with Crippen molar-refractivity contribution in [3.05, 3.63) is 70.5 Å². The van der Waals surface area contributed by atoms with E-state index in [2.05, 4.69) is 25.5 Å². The number of nitrogens with zero attached hydrogens (tertiary/aromatic N) is 4. The fraction of sp³-hybridized carbons (Fsp3) is 0.500. The van der Waals surface area contributed by atoms with Gasteiger partial charge in [0, 0.05) is 57.2 Å². The average molecular weight is 705 g/mol. The summed E-state index contributed by atoms with van der Waals surface area (Å²) in [4.78, 5) is 23.8. The van der Waals surface area contributed by atoms with Crippen LogP contribution in [0.2, 0.25) is 0 Å². The number of alkyl halides is 3. The topological polar surface area (TPSA) is 126 Å². The molecule has 2 aliphatic heterocycles. The number of carbonyl (C=O) groups is 1. The maximum atomic E-state index is 14.0. The minimum Gasteiger partial charge on any atom is -0.495 e. The van der Waals surface area contributed by atoms with Gasteiger partial charge >= 0.3 is 6.18 Å². The van der Waals surface area contributed by atoms with E-state index in [1.54, 1.807) is 43.3 Å². The van der Waals surface area contributed by atoms with Crippen LogP contribution < -0.4 is 19.7 Å². The van der Waals surface area contributed by atoms with E-state index in [9.17, 15) is 26.4 Å². The third-order valence-electron chi connectivity index (χ3n) is 9.16. The van der Waals surface area contributed by atoms with Gasteiger partial charge in [-0.3, -0.25) is 9.10 Å². The lowest BCUT2D eigenvalue weighted by atomic mass is 9.99. The molecule has 5 rings (SSSR count). The second-order valence-electron chi connectivity index (χ2n) is 12.6. The van der Waals surface area contributed by atoms with E-state index < -0.39 is 21.8 Å². The Labute approximate surface area is 285 Å². The molecule has 2 N–H and O–H groups in total. The summed E-state index contributed by atoms with van der Waals surface area (Å²) < 4.78 is 78.6. The van der Waals surface area contributed by atoms with E-state index in [0.29, 0.717) is 34.3 Å². The number of halogens is 3. The number of likely N-dealkylation sites (tertiary alicyclic amines) is 1. The first-order valence-corrected chi connectivity index (χ1v) is 18.1. The third-order valence-corrected chi connectivity index (χ3v) is 10.4. The van der Waals surface area contributed by atoms with Crippen molar-refractivity contribution in [2.24, 2.45) is 0 Å². The zero-order chi connectivity index (χ0) is 35.3. The number of nitrogens with one attached hydrogen (secondary N) is 2. The van der Waals surface area contributed by atoms with Crippen molar-refractivity contribution in [2.75, 3.05) is 56.3 Å². The highest BCUT2D eigenvalue weighted by Gasteiger charge is 2.35. The number of aromatic nitrogens is 2. The van der Waals surface area contributed by atoms with Crippen LogP contribution in [-0.2, 0) is 33.8 Å². The average Bonchev–Trinajstić information content (AvgIpc) is 3.07. The Kier molecular flexibility index (Phi) is 11.3. The lowest BCUT2D eigenvalue weighted by Gasteiger charge is -2.39. The number of amides is 1. The molecule has 0 aliphatic carbocycles. The van der Waals surface area contributed by atoms with Gasteiger partial charge < -0.3 is 25.0 Å². The molecule has 0 radical (unpaired) electrons. The van der Waals surface area contributed by atoms with Crippen LogP contribution in [0.1, 0.15) is 58.4 Å². The lowest BCUT2D eigenvalue weighted by molar-refractivity contribution is -0.138. The Morgan fingerprint density at radius 1 is 1.08 bits per heavy atom. The van der Waals surface area contributed by atoms with Crippen molar-refractivity contribution in [1.82, 2.24) is 20.2 Å². The Hall–Kier alpha value is -3.95. The molecule has 2 fully saturated rings. The first kappa shape index (κ1) is 36.3. The standard InChI is InChI=1S/C34H43F3N6O5S/c1-22-5-6-23(30(19-22)42(2)49(4,45)46)7-9-28-27(34(35,36)37)21-38-33(40-28)41-29-10-8-24(20-31(29)47-3)32(44)39-25-11-15-43(16-12-25)26-13-17-48-18-14-26/h5-6,8,10,19-21,25-26H,7,9,11-18H2,1-4H3,(H,39,44)(H,38,40,41). The van der Waals surface area contributed by atoms with E-state index in [4.69, 9.17) is 9.47 Å². The maximum absolute atomic E-state index is 14.0. The van der Waals surface area contributed by atoms with Crippen LogP contribution in [0.25, 0.3) is 0 Å². The monoisotopic (exact) mass is 704 g/mol. The van der Waals surface area contributed by atoms with Gasteiger partial charge in [-0.1, -0.05) is 12.1 Å². The highest BCUT2D eigenvalue weighted by Crippen LogP contribution is 2.34. The fourth-order valence-electron chi connectivity index (χ4n) is 6.30. The lowest BCUT2D eigenvalue weighted by Crippen LogP contribution is -2.49. The molecule has 0 spiro atoms. The van der Waals surface area contributed by atoms with Gasteiger partial charge in [0.15, 0.2) is 0 Å². The van der Waals surface area contributed by atoms with Gasteiger partial charge in [0.05, 0.1) is 36.0 Å². The molecule has 3 aromatic rings. The Balaban J connectivity index is 1.28. The second kappa shape index (κ2) is 15.3. The van der Waals surface area contributed by atoms with Crippen molar-refractivity contribution in [1.29, 1.82) is 0 Å². The van der Waals surface area contributed by atoms with Crippen molar-refractivity contribution >= 4 is 33.3 Å². The summed E-state index contributed by atoms with van der Waals surface area (Å²) >= 11 is 0. The smallest absolute Gasteiger partial charge is 0.419 e. The van der Waals surface area contributed by atoms with Crippen molar-refractivity contribution in [3.8, 4) is 5.75 Å². The minimum atomic E-state index is -4.71. The number of aryl methyl sites for hydroxylation is 3. The number of benzene rings is 2. The normalized spacial score (nSPS) is 16.7. The number of hydrogen-bond donors (Lipinski definition) is 2. The first-order valence-electron chi connectivity index (χ1n) is 16.3. The zero-order valence-corrected chi connectivity index (χ0v) is 29.0. The quantitative estimate of drug-likeness (QED) is 0.280. The Morgan fingerprint density at radius 3 is 2.45 bits per heavy atom. The molecule has 49 heavy (non-hydrogen) atoms. The molecular weight excluding hydrogens is 661 g/mol. The molecule has 2 saturated heterocycles. The summed E-state index contributed by atoms with van der Waals surface area (Å²) in [6.07, 6.45) is 0.826. The van der Waals surface area contributed by atoms with Crippen LogP contribution in [-0.4, -0.2) is 88.0 Å². The van der Waals surface area contributed by atoms with Crippen molar-refractivity contribution < 1.29 is 35.9 Å². The first-order chi connectivity index (χ1) is 23.2. The number of ether oxygens (including phenoxy) is 2. The van der Waals surface area contributed by atoms with Gasteiger partial charge in [-0.15, -0.1) is 0 Å². The van der Waals surface area contributed by atoms with E-state index in [1.807, 2.05) is 0 Å². The summed E-state index contributed by atoms with van der Waals surface area (Å²) in [5.41, 5.74) is 1.26. The van der Waals surface area contributed by atoms with Gasteiger partial charge in [-0.25, -0.2) is 18.4 Å². The van der Waals surface area contributed by atoms with Gasteiger partial charge in [-0.05, 0) is 80.8 Å². The van der Waals surface area contributed by atoms with Crippen LogP contribution in [0.3, 0.4) is 0 Å². The SMILES string of the molecule is COc1cc(C(=O)NC2CCN(C3CCOCC3)CC2)ccc1Nc1ncc(C(F)(F)F)c(CCc2ccc(C)cc2N(C)S(C)(=O)=O)n1. The van der Waals surface area contributed by atoms with Crippen LogP contribution in [0.5, 0.6) is 5.75 Å². The van der Waals surface area contributed by atoms with Gasteiger partial charge in [0.25, 0.3) is 5.91 Å². The summed E-state index contributed by atoms with van der Waals surface area (Å²) in [6.45, 7) is 5.23. The molecule has 3 heterocycles. The molecule has 266 valence electrons. The van der Waals surface area contributed by atoms with Gasteiger partial charge in [0.1, 0.15) is 5.75 Å². The zero-order valence-electron chi connectivity index (χ0n) is 28.1. The van der Waals surface area contributed by atoms with Crippen LogP contribution in [0.4, 0.5) is 30.5 Å². The molecule has 2 aliphatic rings. The predicted octanol–water partition coefficient (Wildman–Crippen LogP) is 5.11. The van der Waals surface area contributed by atoms with Crippen LogP contribution >= 0.6 is 0 Å². The van der Waals surface area contributed by atoms with Crippen molar-refractivity contribution in [3.63, 3.8) is 0 Å². The predicted molar refractivity (Wildman–Crippen MR) is 181 cm³/mol. The minimum absolute atomic E-state index is 0.0501. The fourth-order valence-corrected chi connectivity index (χ4v) is 6.83. The van der Waals surface area contributed by atoms with E-state index >= 15 is 0 Å². The molecular formula is C34H43F3N6O5S. The van der Waals surface area contributed by atoms with Gasteiger partial charge in [-0.2, -0.15) is 13.2 Å².